The zero-order valence-electron chi connectivity index (χ0n) is 35.5. The van der Waals surface area contributed by atoms with E-state index < -0.39 is 0 Å². The highest BCUT2D eigenvalue weighted by molar-refractivity contribution is 6.12. The SMILES string of the molecule is CC1(C)c2ccccc2-c2ccc(N(c3ccc(-c4ccccc4)cc3)c3ccc(-c4ccc(-c5ccc6c(c5)c5cccc7c5n6-c5ccccc5C7(C)C)cc4)cc3)cc21. The number of rotatable bonds is 6. The van der Waals surface area contributed by atoms with E-state index in [4.69, 9.17) is 0 Å². The summed E-state index contributed by atoms with van der Waals surface area (Å²) in [6, 6.07) is 76.4. The molecule has 62 heavy (non-hydrogen) atoms. The van der Waals surface area contributed by atoms with Crippen LogP contribution in [0, 0.1) is 0 Å². The smallest absolute Gasteiger partial charge is 0.0582 e. The van der Waals surface area contributed by atoms with Crippen molar-refractivity contribution in [2.24, 2.45) is 0 Å². The molecule has 9 aromatic carbocycles. The summed E-state index contributed by atoms with van der Waals surface area (Å²) in [6.45, 7) is 9.42. The molecule has 0 N–H and O–H groups in total. The Morgan fingerprint density at radius 1 is 0.339 bits per heavy atom. The van der Waals surface area contributed by atoms with Crippen molar-refractivity contribution < 1.29 is 0 Å². The third-order valence-electron chi connectivity index (χ3n) is 14.0. The lowest BCUT2D eigenvalue weighted by atomic mass is 9.75. The monoisotopic (exact) mass is 794 g/mol. The summed E-state index contributed by atoms with van der Waals surface area (Å²) in [7, 11) is 0. The molecule has 296 valence electrons. The van der Waals surface area contributed by atoms with Crippen molar-refractivity contribution in [2.45, 2.75) is 38.5 Å². The summed E-state index contributed by atoms with van der Waals surface area (Å²) in [5, 5.41) is 2.61. The summed E-state index contributed by atoms with van der Waals surface area (Å²) in [5.74, 6) is 0. The fourth-order valence-electron chi connectivity index (χ4n) is 10.7. The number of benzene rings is 9. The van der Waals surface area contributed by atoms with E-state index in [-0.39, 0.29) is 10.8 Å². The molecule has 0 atom stereocenters. The van der Waals surface area contributed by atoms with Gasteiger partial charge in [-0.05, 0) is 121 Å². The minimum absolute atomic E-state index is 0.0736. The van der Waals surface area contributed by atoms with Crippen molar-refractivity contribution >= 4 is 38.9 Å². The van der Waals surface area contributed by atoms with Crippen molar-refractivity contribution in [3.8, 4) is 50.2 Å². The van der Waals surface area contributed by atoms with Crippen LogP contribution in [0.2, 0.25) is 0 Å². The molecule has 2 nitrogen and oxygen atoms in total. The summed E-state index contributed by atoms with van der Waals surface area (Å²) in [5.41, 5.74) is 22.5. The van der Waals surface area contributed by atoms with E-state index in [0.29, 0.717) is 0 Å². The van der Waals surface area contributed by atoms with Crippen LogP contribution in [-0.2, 0) is 10.8 Å². The fraction of sp³-hybridized carbons (Fsp3) is 0.100. The van der Waals surface area contributed by atoms with Gasteiger partial charge in [0.1, 0.15) is 0 Å². The molecule has 2 aliphatic rings. The number of hydrogen-bond donors (Lipinski definition) is 0. The molecular formula is C60H46N2. The molecule has 0 radical (unpaired) electrons. The molecule has 12 rings (SSSR count). The first-order valence-corrected chi connectivity index (χ1v) is 21.8. The Bertz CT molecular complexity index is 3370. The number of anilines is 3. The van der Waals surface area contributed by atoms with Gasteiger partial charge in [-0.1, -0.05) is 179 Å². The summed E-state index contributed by atoms with van der Waals surface area (Å²) >= 11 is 0. The largest absolute Gasteiger partial charge is 0.310 e. The van der Waals surface area contributed by atoms with E-state index in [1.54, 1.807) is 0 Å². The minimum atomic E-state index is -0.0913. The van der Waals surface area contributed by atoms with Crippen LogP contribution in [0.25, 0.3) is 72.0 Å². The molecule has 0 unspecified atom stereocenters. The van der Waals surface area contributed by atoms with E-state index >= 15 is 0 Å². The van der Waals surface area contributed by atoms with Gasteiger partial charge in [-0.15, -0.1) is 0 Å². The lowest BCUT2D eigenvalue weighted by Crippen LogP contribution is -2.26. The molecule has 0 saturated heterocycles. The molecular weight excluding hydrogens is 749 g/mol. The molecule has 2 heterocycles. The third kappa shape index (κ3) is 5.43. The quantitative estimate of drug-likeness (QED) is 0.163. The van der Waals surface area contributed by atoms with Crippen LogP contribution in [-0.4, -0.2) is 4.57 Å². The highest BCUT2D eigenvalue weighted by Crippen LogP contribution is 2.51. The van der Waals surface area contributed by atoms with E-state index in [2.05, 4.69) is 243 Å². The maximum atomic E-state index is 2.49. The second kappa shape index (κ2) is 13.5. The summed E-state index contributed by atoms with van der Waals surface area (Å²) < 4.78 is 2.49. The average molecular weight is 795 g/mol. The first-order chi connectivity index (χ1) is 30.3. The molecule has 0 amide bonds. The Morgan fingerprint density at radius 2 is 0.839 bits per heavy atom. The van der Waals surface area contributed by atoms with Gasteiger partial charge in [-0.2, -0.15) is 0 Å². The Balaban J connectivity index is 0.890. The van der Waals surface area contributed by atoms with Gasteiger partial charge in [-0.3, -0.25) is 0 Å². The van der Waals surface area contributed by atoms with E-state index in [1.807, 2.05) is 0 Å². The van der Waals surface area contributed by atoms with Crippen LogP contribution >= 0.6 is 0 Å². The lowest BCUT2D eigenvalue weighted by molar-refractivity contribution is 0.630. The second-order valence-electron chi connectivity index (χ2n) is 18.2. The van der Waals surface area contributed by atoms with Crippen molar-refractivity contribution in [3.63, 3.8) is 0 Å². The topological polar surface area (TPSA) is 8.17 Å². The lowest BCUT2D eigenvalue weighted by Gasteiger charge is -2.34. The fourth-order valence-corrected chi connectivity index (χ4v) is 10.7. The summed E-state index contributed by atoms with van der Waals surface area (Å²) in [4.78, 5) is 2.40. The van der Waals surface area contributed by atoms with Gasteiger partial charge in [-0.25, -0.2) is 0 Å². The van der Waals surface area contributed by atoms with Gasteiger partial charge in [0.05, 0.1) is 16.7 Å². The van der Waals surface area contributed by atoms with E-state index in [0.717, 1.165) is 17.1 Å². The Labute approximate surface area is 364 Å². The minimum Gasteiger partial charge on any atom is -0.310 e. The predicted octanol–water partition coefficient (Wildman–Crippen LogP) is 16.2. The molecule has 10 aromatic rings. The van der Waals surface area contributed by atoms with Gasteiger partial charge in [0.2, 0.25) is 0 Å². The van der Waals surface area contributed by atoms with E-state index in [9.17, 15) is 0 Å². The Morgan fingerprint density at radius 3 is 1.53 bits per heavy atom. The number of aromatic nitrogens is 1. The molecule has 0 spiro atoms. The maximum Gasteiger partial charge on any atom is 0.0582 e. The first kappa shape index (κ1) is 36.4. The normalized spacial score (nSPS) is 14.1. The second-order valence-corrected chi connectivity index (χ2v) is 18.2. The van der Waals surface area contributed by atoms with Gasteiger partial charge >= 0.3 is 0 Å². The van der Waals surface area contributed by atoms with E-state index in [1.165, 1.54) is 94.3 Å². The molecule has 0 fully saturated rings. The van der Waals surface area contributed by atoms with Crippen LogP contribution < -0.4 is 4.90 Å². The standard InChI is InChI=1S/C60H46N2/c1-59(2)52-17-9-8-15-48(52)49-35-34-47(38-55(49)59)61(45-30-25-41(26-31-45)39-13-6-5-7-14-39)46-32-27-42(28-33-46)40-21-23-43(24-22-40)44-29-36-56-51(37-44)50-16-12-19-54-58(50)62(56)57-20-11-10-18-53(57)60(54,3)4/h5-38H,1-4H3. The number of hydrogen-bond acceptors (Lipinski definition) is 1. The third-order valence-corrected chi connectivity index (χ3v) is 14.0. The van der Waals surface area contributed by atoms with Crippen LogP contribution in [0.3, 0.4) is 0 Å². The first-order valence-electron chi connectivity index (χ1n) is 21.8. The van der Waals surface area contributed by atoms with Gasteiger partial charge in [0.15, 0.2) is 0 Å². The molecule has 0 saturated carbocycles. The van der Waals surface area contributed by atoms with Crippen molar-refractivity contribution in [1.29, 1.82) is 0 Å². The molecule has 1 aliphatic carbocycles. The molecule has 1 aliphatic heterocycles. The van der Waals surface area contributed by atoms with Gasteiger partial charge in [0.25, 0.3) is 0 Å². The molecule has 1 aromatic heterocycles. The number of nitrogens with zero attached hydrogens (tertiary/aromatic N) is 2. The van der Waals surface area contributed by atoms with Crippen LogP contribution in [0.1, 0.15) is 49.9 Å². The predicted molar refractivity (Wildman–Crippen MR) is 261 cm³/mol. The maximum absolute atomic E-state index is 2.49. The molecule has 0 bridgehead atoms. The van der Waals surface area contributed by atoms with Crippen molar-refractivity contribution in [2.75, 3.05) is 4.90 Å². The Kier molecular flexibility index (Phi) is 7.96. The van der Waals surface area contributed by atoms with Gasteiger partial charge in [0, 0.05) is 38.7 Å². The molecule has 2 heteroatoms. The van der Waals surface area contributed by atoms with Gasteiger partial charge < -0.3 is 9.47 Å². The van der Waals surface area contributed by atoms with Crippen LogP contribution in [0.5, 0.6) is 0 Å². The van der Waals surface area contributed by atoms with Crippen molar-refractivity contribution in [3.05, 3.63) is 229 Å². The highest BCUT2D eigenvalue weighted by Gasteiger charge is 2.36. The van der Waals surface area contributed by atoms with Crippen LogP contribution in [0.4, 0.5) is 17.1 Å². The van der Waals surface area contributed by atoms with Crippen molar-refractivity contribution in [1.82, 2.24) is 4.57 Å². The Hall–Kier alpha value is -7.42. The zero-order valence-corrected chi connectivity index (χ0v) is 35.5. The summed E-state index contributed by atoms with van der Waals surface area (Å²) in [6.07, 6.45) is 0. The number of para-hydroxylation sites is 2. The average Bonchev–Trinajstić information content (AvgIpc) is 3.77. The zero-order chi connectivity index (χ0) is 41.7. The highest BCUT2D eigenvalue weighted by atomic mass is 15.1. The number of fused-ring (bicyclic) bond motifs is 8. The van der Waals surface area contributed by atoms with Crippen LogP contribution in [0.15, 0.2) is 206 Å².